The van der Waals surface area contributed by atoms with Gasteiger partial charge in [0.1, 0.15) is 5.65 Å². The molecule has 2 heterocycles. The van der Waals surface area contributed by atoms with Crippen LogP contribution in [0.2, 0.25) is 0 Å². The normalized spacial score (nSPS) is 13.8. The summed E-state index contributed by atoms with van der Waals surface area (Å²) in [5.74, 6) is -1.12. The Morgan fingerprint density at radius 2 is 2.11 bits per heavy atom. The van der Waals surface area contributed by atoms with Gasteiger partial charge in [-0.3, -0.25) is 0 Å². The van der Waals surface area contributed by atoms with E-state index in [2.05, 4.69) is 9.71 Å². The van der Waals surface area contributed by atoms with E-state index in [1.54, 1.807) is 6.07 Å². The fraction of sp³-hybridized carbons (Fsp3) is 0.263. The summed E-state index contributed by atoms with van der Waals surface area (Å²) >= 11 is 0. The number of imidazole rings is 1. The summed E-state index contributed by atoms with van der Waals surface area (Å²) in [6, 6.07) is 8.52. The SMILES string of the molecule is O=C(O)c1cc2c(c(S(=O)(=O)NCCc3cn4ccccc4n3)c1)CCC2. The highest BCUT2D eigenvalue weighted by atomic mass is 32.2. The van der Waals surface area contributed by atoms with E-state index in [-0.39, 0.29) is 17.0 Å². The Balaban J connectivity index is 1.54. The molecule has 0 atom stereocenters. The van der Waals surface area contributed by atoms with Gasteiger partial charge in [-0.15, -0.1) is 0 Å². The molecule has 4 rings (SSSR count). The molecule has 3 aromatic rings. The number of carboxylic acid groups (broad SMARTS) is 1. The maximum Gasteiger partial charge on any atom is 0.335 e. The van der Waals surface area contributed by atoms with Crippen molar-refractivity contribution in [3.8, 4) is 0 Å². The molecule has 0 amide bonds. The number of rotatable bonds is 6. The van der Waals surface area contributed by atoms with Crippen LogP contribution in [0.4, 0.5) is 0 Å². The second-order valence-electron chi connectivity index (χ2n) is 6.62. The zero-order valence-corrected chi connectivity index (χ0v) is 15.4. The lowest BCUT2D eigenvalue weighted by molar-refractivity contribution is 0.0696. The first-order valence-electron chi connectivity index (χ1n) is 8.75. The smallest absolute Gasteiger partial charge is 0.335 e. The fourth-order valence-electron chi connectivity index (χ4n) is 3.53. The molecule has 0 unspecified atom stereocenters. The monoisotopic (exact) mass is 385 g/mol. The van der Waals surface area contributed by atoms with E-state index in [1.165, 1.54) is 6.07 Å². The number of hydrogen-bond acceptors (Lipinski definition) is 4. The fourth-order valence-corrected chi connectivity index (χ4v) is 4.89. The van der Waals surface area contributed by atoms with Gasteiger partial charge in [-0.05, 0) is 54.7 Å². The molecule has 0 bridgehead atoms. The highest BCUT2D eigenvalue weighted by molar-refractivity contribution is 7.89. The summed E-state index contributed by atoms with van der Waals surface area (Å²) < 4.78 is 30.1. The van der Waals surface area contributed by atoms with Crippen molar-refractivity contribution in [2.24, 2.45) is 0 Å². The van der Waals surface area contributed by atoms with Crippen LogP contribution in [-0.4, -0.2) is 35.4 Å². The van der Waals surface area contributed by atoms with E-state index in [0.29, 0.717) is 19.3 Å². The highest BCUT2D eigenvalue weighted by Crippen LogP contribution is 2.30. The third-order valence-electron chi connectivity index (χ3n) is 4.80. The molecule has 0 saturated heterocycles. The minimum absolute atomic E-state index is 0.0105. The number of carbonyl (C=O) groups is 1. The number of nitrogens with one attached hydrogen (secondary N) is 1. The number of hydrogen-bond donors (Lipinski definition) is 2. The first kappa shape index (κ1) is 17.7. The Hall–Kier alpha value is -2.71. The number of aromatic nitrogens is 2. The van der Waals surface area contributed by atoms with E-state index in [1.807, 2.05) is 35.0 Å². The Bertz CT molecular complexity index is 1100. The number of sulfonamides is 1. The maximum absolute atomic E-state index is 12.8. The van der Waals surface area contributed by atoms with Crippen LogP contribution in [0.25, 0.3) is 5.65 Å². The van der Waals surface area contributed by atoms with E-state index < -0.39 is 16.0 Å². The molecule has 2 N–H and O–H groups in total. The van der Waals surface area contributed by atoms with E-state index >= 15 is 0 Å². The van der Waals surface area contributed by atoms with Crippen LogP contribution in [0.5, 0.6) is 0 Å². The van der Waals surface area contributed by atoms with Crippen LogP contribution < -0.4 is 4.72 Å². The predicted octanol–water partition coefficient (Wildman–Crippen LogP) is 2.04. The average Bonchev–Trinajstić information content (AvgIpc) is 3.26. The highest BCUT2D eigenvalue weighted by Gasteiger charge is 2.26. The van der Waals surface area contributed by atoms with Gasteiger partial charge in [0.2, 0.25) is 10.0 Å². The molecule has 0 saturated carbocycles. The Kier molecular flexibility index (Phi) is 4.45. The molecule has 27 heavy (non-hydrogen) atoms. The number of benzene rings is 1. The lowest BCUT2D eigenvalue weighted by atomic mass is 10.1. The standard InChI is InChI=1S/C19H19N3O4S/c23-19(24)14-10-13-4-3-5-16(13)17(11-14)27(25,26)20-8-7-15-12-22-9-2-1-6-18(22)21-15/h1-2,6,9-12,20H,3-5,7-8H2,(H,23,24). The summed E-state index contributed by atoms with van der Waals surface area (Å²) in [4.78, 5) is 15.9. The lowest BCUT2D eigenvalue weighted by Crippen LogP contribution is -2.27. The topological polar surface area (TPSA) is 101 Å². The van der Waals surface area contributed by atoms with Gasteiger partial charge in [0.05, 0.1) is 16.2 Å². The number of aryl methyl sites for hydroxylation is 1. The van der Waals surface area contributed by atoms with Crippen molar-refractivity contribution in [2.75, 3.05) is 6.54 Å². The molecule has 0 radical (unpaired) electrons. The zero-order valence-electron chi connectivity index (χ0n) is 14.6. The summed E-state index contributed by atoms with van der Waals surface area (Å²) in [6.45, 7) is 0.193. The first-order chi connectivity index (χ1) is 12.9. The summed E-state index contributed by atoms with van der Waals surface area (Å²) in [5.41, 5.74) is 3.16. The number of aromatic carboxylic acids is 1. The molecular formula is C19H19N3O4S. The van der Waals surface area contributed by atoms with Crippen molar-refractivity contribution in [3.05, 3.63) is 65.1 Å². The predicted molar refractivity (Wildman–Crippen MR) is 99.5 cm³/mol. The molecule has 1 aromatic carbocycles. The van der Waals surface area contributed by atoms with Gasteiger partial charge in [-0.1, -0.05) is 6.07 Å². The molecule has 8 heteroatoms. The minimum Gasteiger partial charge on any atom is -0.478 e. The van der Waals surface area contributed by atoms with Crippen molar-refractivity contribution >= 4 is 21.6 Å². The van der Waals surface area contributed by atoms with Crippen LogP contribution in [0, 0.1) is 0 Å². The van der Waals surface area contributed by atoms with Gasteiger partial charge in [0.25, 0.3) is 0 Å². The zero-order chi connectivity index (χ0) is 19.0. The minimum atomic E-state index is -3.79. The van der Waals surface area contributed by atoms with E-state index in [4.69, 9.17) is 0 Å². The molecule has 140 valence electrons. The molecule has 1 aliphatic carbocycles. The van der Waals surface area contributed by atoms with Gasteiger partial charge >= 0.3 is 5.97 Å². The molecule has 0 spiro atoms. The van der Waals surface area contributed by atoms with Gasteiger partial charge in [0, 0.05) is 25.4 Å². The third-order valence-corrected chi connectivity index (χ3v) is 6.33. The number of nitrogens with zero attached hydrogens (tertiary/aromatic N) is 2. The van der Waals surface area contributed by atoms with Crippen molar-refractivity contribution in [3.63, 3.8) is 0 Å². The molecule has 1 aliphatic rings. The largest absolute Gasteiger partial charge is 0.478 e. The Morgan fingerprint density at radius 3 is 2.89 bits per heavy atom. The van der Waals surface area contributed by atoms with Crippen molar-refractivity contribution in [1.29, 1.82) is 0 Å². The van der Waals surface area contributed by atoms with Gasteiger partial charge in [0.15, 0.2) is 0 Å². The van der Waals surface area contributed by atoms with Crippen LogP contribution in [0.3, 0.4) is 0 Å². The van der Waals surface area contributed by atoms with Crippen molar-refractivity contribution in [2.45, 2.75) is 30.6 Å². The summed E-state index contributed by atoms with van der Waals surface area (Å²) in [7, 11) is -3.79. The van der Waals surface area contributed by atoms with Crippen molar-refractivity contribution < 1.29 is 18.3 Å². The van der Waals surface area contributed by atoms with E-state index in [0.717, 1.165) is 28.9 Å². The molecule has 7 nitrogen and oxygen atoms in total. The van der Waals surface area contributed by atoms with Crippen LogP contribution >= 0.6 is 0 Å². The molecular weight excluding hydrogens is 366 g/mol. The summed E-state index contributed by atoms with van der Waals surface area (Å²) in [5, 5.41) is 9.27. The Labute approximate surface area is 156 Å². The van der Waals surface area contributed by atoms with Crippen molar-refractivity contribution in [1.82, 2.24) is 14.1 Å². The summed E-state index contributed by atoms with van der Waals surface area (Å²) in [6.07, 6.45) is 6.39. The lowest BCUT2D eigenvalue weighted by Gasteiger charge is -2.12. The number of carboxylic acids is 1. The van der Waals surface area contributed by atoms with Gasteiger partial charge < -0.3 is 9.51 Å². The first-order valence-corrected chi connectivity index (χ1v) is 10.2. The molecule has 0 fully saturated rings. The Morgan fingerprint density at radius 1 is 1.26 bits per heavy atom. The quantitative estimate of drug-likeness (QED) is 0.676. The average molecular weight is 385 g/mol. The van der Waals surface area contributed by atoms with E-state index in [9.17, 15) is 18.3 Å². The second kappa shape index (κ2) is 6.79. The second-order valence-corrected chi connectivity index (χ2v) is 8.35. The maximum atomic E-state index is 12.8. The third kappa shape index (κ3) is 3.45. The number of pyridine rings is 1. The van der Waals surface area contributed by atoms with Crippen LogP contribution in [0.15, 0.2) is 47.6 Å². The van der Waals surface area contributed by atoms with Gasteiger partial charge in [-0.2, -0.15) is 0 Å². The number of fused-ring (bicyclic) bond motifs is 2. The molecule has 2 aromatic heterocycles. The van der Waals surface area contributed by atoms with Gasteiger partial charge in [-0.25, -0.2) is 22.9 Å². The molecule has 0 aliphatic heterocycles. The van der Waals surface area contributed by atoms with Crippen LogP contribution in [0.1, 0.15) is 33.6 Å². The van der Waals surface area contributed by atoms with Crippen LogP contribution in [-0.2, 0) is 29.3 Å².